The summed E-state index contributed by atoms with van der Waals surface area (Å²) in [5.74, 6) is 0.362. The summed E-state index contributed by atoms with van der Waals surface area (Å²) in [6.07, 6.45) is 2.00. The molecule has 2 heteroatoms. The highest BCUT2D eigenvalue weighted by Gasteiger charge is 2.35. The lowest BCUT2D eigenvalue weighted by molar-refractivity contribution is -0.135. The van der Waals surface area contributed by atoms with Gasteiger partial charge >= 0.3 is 0 Å². The Morgan fingerprint density at radius 3 is 1.76 bits per heavy atom. The first-order valence-electron chi connectivity index (χ1n) is 6.66. The largest absolute Gasteiger partial charge is 0.312 e. The molecule has 0 amide bonds. The topological polar surface area (TPSA) is 29.1 Å². The van der Waals surface area contributed by atoms with Crippen molar-refractivity contribution < 1.29 is 4.79 Å². The zero-order valence-electron chi connectivity index (χ0n) is 13.0. The van der Waals surface area contributed by atoms with Crippen LogP contribution in [0.3, 0.4) is 0 Å². The van der Waals surface area contributed by atoms with E-state index in [4.69, 9.17) is 0 Å². The van der Waals surface area contributed by atoms with Crippen LogP contribution in [0.25, 0.3) is 0 Å². The Labute approximate surface area is 108 Å². The molecule has 0 spiro atoms. The van der Waals surface area contributed by atoms with Gasteiger partial charge in [0.25, 0.3) is 0 Å². The smallest absolute Gasteiger partial charge is 0.143 e. The average molecular weight is 241 g/mol. The molecule has 0 aromatic heterocycles. The van der Waals surface area contributed by atoms with Crippen LogP contribution in [0.2, 0.25) is 0 Å². The summed E-state index contributed by atoms with van der Waals surface area (Å²) in [5, 5.41) is 3.46. The third-order valence-electron chi connectivity index (χ3n) is 2.93. The third-order valence-corrected chi connectivity index (χ3v) is 2.93. The first-order chi connectivity index (χ1) is 7.36. The minimum Gasteiger partial charge on any atom is -0.312 e. The molecule has 0 bridgehead atoms. The van der Waals surface area contributed by atoms with Crippen molar-refractivity contribution in [1.82, 2.24) is 5.32 Å². The van der Waals surface area contributed by atoms with Gasteiger partial charge in [-0.25, -0.2) is 0 Å². The van der Waals surface area contributed by atoms with Gasteiger partial charge in [0.15, 0.2) is 0 Å². The minimum atomic E-state index is -0.235. The van der Waals surface area contributed by atoms with Crippen molar-refractivity contribution in [2.45, 2.75) is 73.8 Å². The predicted molar refractivity (Wildman–Crippen MR) is 75.2 cm³/mol. The number of rotatable bonds is 5. The second kappa shape index (κ2) is 5.51. The highest BCUT2D eigenvalue weighted by Crippen LogP contribution is 2.32. The zero-order valence-corrected chi connectivity index (χ0v) is 13.0. The second-order valence-corrected chi connectivity index (χ2v) is 7.74. The van der Waals surface area contributed by atoms with E-state index in [0.29, 0.717) is 5.78 Å². The Kier molecular flexibility index (Phi) is 5.39. The number of hydrogen-bond donors (Lipinski definition) is 1. The number of nitrogens with one attached hydrogen (secondary N) is 1. The zero-order chi connectivity index (χ0) is 13.9. The first kappa shape index (κ1) is 16.6. The summed E-state index contributed by atoms with van der Waals surface area (Å²) in [6, 6.07) is 0. The van der Waals surface area contributed by atoms with E-state index >= 15 is 0 Å². The number of ketones is 1. The van der Waals surface area contributed by atoms with E-state index in [1.807, 2.05) is 20.8 Å². The van der Waals surface area contributed by atoms with Crippen LogP contribution in [0, 0.1) is 10.8 Å². The Morgan fingerprint density at radius 2 is 1.41 bits per heavy atom. The van der Waals surface area contributed by atoms with E-state index in [0.717, 1.165) is 19.4 Å². The Bertz CT molecular complexity index is 253. The lowest BCUT2D eigenvalue weighted by Crippen LogP contribution is -2.38. The molecule has 0 unspecified atom stereocenters. The van der Waals surface area contributed by atoms with E-state index in [1.54, 1.807) is 0 Å². The first-order valence-corrected chi connectivity index (χ1v) is 6.66. The van der Waals surface area contributed by atoms with Crippen LogP contribution < -0.4 is 5.32 Å². The molecule has 0 aromatic carbocycles. The number of carbonyl (C=O) groups is 1. The molecule has 0 aliphatic heterocycles. The number of carbonyl (C=O) groups excluding carboxylic acids is 1. The molecule has 0 radical (unpaired) electrons. The maximum absolute atomic E-state index is 12.3. The van der Waals surface area contributed by atoms with Crippen LogP contribution in [0.1, 0.15) is 68.2 Å². The molecule has 0 aliphatic rings. The summed E-state index contributed by atoms with van der Waals surface area (Å²) in [5.41, 5.74) is -0.281. The lowest BCUT2D eigenvalue weighted by Gasteiger charge is -2.31. The molecule has 102 valence electrons. The number of hydrogen-bond acceptors (Lipinski definition) is 2. The van der Waals surface area contributed by atoms with Crippen molar-refractivity contribution in [3.05, 3.63) is 0 Å². The molecule has 0 aliphatic carbocycles. The van der Waals surface area contributed by atoms with Gasteiger partial charge in [-0.05, 0) is 40.2 Å². The fraction of sp³-hybridized carbons (Fsp3) is 0.933. The second-order valence-electron chi connectivity index (χ2n) is 7.74. The van der Waals surface area contributed by atoms with Crippen molar-refractivity contribution >= 4 is 5.78 Å². The molecular formula is C15H31NO. The van der Waals surface area contributed by atoms with Crippen LogP contribution >= 0.6 is 0 Å². The molecular weight excluding hydrogens is 210 g/mol. The molecule has 17 heavy (non-hydrogen) atoms. The van der Waals surface area contributed by atoms with Crippen molar-refractivity contribution in [3.63, 3.8) is 0 Å². The van der Waals surface area contributed by atoms with Gasteiger partial charge in [-0.15, -0.1) is 0 Å². The normalized spacial score (nSPS) is 13.9. The molecule has 2 nitrogen and oxygen atoms in total. The molecule has 0 heterocycles. The van der Waals surface area contributed by atoms with E-state index < -0.39 is 0 Å². The van der Waals surface area contributed by atoms with E-state index in [9.17, 15) is 4.79 Å². The Morgan fingerprint density at radius 1 is 0.941 bits per heavy atom. The van der Waals surface area contributed by atoms with Gasteiger partial charge in [-0.1, -0.05) is 34.6 Å². The molecule has 0 saturated carbocycles. The monoisotopic (exact) mass is 241 g/mol. The summed E-state index contributed by atoms with van der Waals surface area (Å²) < 4.78 is 0. The summed E-state index contributed by atoms with van der Waals surface area (Å²) in [4.78, 5) is 12.3. The Hall–Kier alpha value is -0.370. The maximum atomic E-state index is 12.3. The summed E-state index contributed by atoms with van der Waals surface area (Å²) in [6.45, 7) is 17.6. The molecule has 0 fully saturated rings. The van der Waals surface area contributed by atoms with Gasteiger partial charge in [-0.2, -0.15) is 0 Å². The van der Waals surface area contributed by atoms with E-state index in [1.165, 1.54) is 0 Å². The van der Waals surface area contributed by atoms with E-state index in [2.05, 4.69) is 39.9 Å². The quantitative estimate of drug-likeness (QED) is 0.742. The minimum absolute atomic E-state index is 0.165. The molecule has 0 atom stereocenters. The number of Topliss-reactive ketones (excluding diaryl/α,β-unsaturated/α-hetero) is 1. The lowest BCUT2D eigenvalue weighted by atomic mass is 9.72. The molecule has 1 N–H and O–H groups in total. The highest BCUT2D eigenvalue weighted by molar-refractivity contribution is 5.88. The van der Waals surface area contributed by atoms with E-state index in [-0.39, 0.29) is 16.4 Å². The standard InChI is InChI=1S/C15H31NO/c1-13(2,3)12(17)15(7,8)10-9-11-16-14(4,5)6/h16H,9-11H2,1-8H3. The molecule has 0 rings (SSSR count). The van der Waals surface area contributed by atoms with Crippen LogP contribution in [0.5, 0.6) is 0 Å². The van der Waals surface area contributed by atoms with Gasteiger partial charge in [0, 0.05) is 16.4 Å². The van der Waals surface area contributed by atoms with Crippen molar-refractivity contribution in [3.8, 4) is 0 Å². The molecule has 0 aromatic rings. The van der Waals surface area contributed by atoms with Crippen molar-refractivity contribution in [2.24, 2.45) is 10.8 Å². The van der Waals surface area contributed by atoms with Crippen molar-refractivity contribution in [2.75, 3.05) is 6.54 Å². The fourth-order valence-corrected chi connectivity index (χ4v) is 2.12. The molecule has 0 saturated heterocycles. The van der Waals surface area contributed by atoms with Crippen LogP contribution in [-0.4, -0.2) is 17.9 Å². The summed E-state index contributed by atoms with van der Waals surface area (Å²) in [7, 11) is 0. The fourth-order valence-electron chi connectivity index (χ4n) is 2.12. The highest BCUT2D eigenvalue weighted by atomic mass is 16.1. The SMILES string of the molecule is CC(C)(C)NCCCC(C)(C)C(=O)C(C)(C)C. The van der Waals surface area contributed by atoms with Crippen LogP contribution in [0.4, 0.5) is 0 Å². The van der Waals surface area contributed by atoms with Gasteiger partial charge < -0.3 is 5.32 Å². The maximum Gasteiger partial charge on any atom is 0.143 e. The van der Waals surface area contributed by atoms with Gasteiger partial charge in [0.1, 0.15) is 5.78 Å². The van der Waals surface area contributed by atoms with Crippen molar-refractivity contribution in [1.29, 1.82) is 0 Å². The summed E-state index contributed by atoms with van der Waals surface area (Å²) >= 11 is 0. The third kappa shape index (κ3) is 6.82. The average Bonchev–Trinajstić information content (AvgIpc) is 2.08. The van der Waals surface area contributed by atoms with Crippen LogP contribution in [0.15, 0.2) is 0 Å². The Balaban J connectivity index is 4.16. The van der Waals surface area contributed by atoms with Gasteiger partial charge in [-0.3, -0.25) is 4.79 Å². The predicted octanol–water partition coefficient (Wildman–Crippen LogP) is 3.80. The van der Waals surface area contributed by atoms with Gasteiger partial charge in [0.2, 0.25) is 0 Å². The van der Waals surface area contributed by atoms with Gasteiger partial charge in [0.05, 0.1) is 0 Å². The van der Waals surface area contributed by atoms with Crippen LogP contribution in [-0.2, 0) is 4.79 Å².